The normalized spacial score (nSPS) is 15.5. The second-order valence-corrected chi connectivity index (χ2v) is 15.3. The number of hydrogen-bond donors (Lipinski definition) is 0. The van der Waals surface area contributed by atoms with Gasteiger partial charge >= 0.3 is 0 Å². The zero-order valence-corrected chi connectivity index (χ0v) is 33.6. The number of benzene rings is 4. The van der Waals surface area contributed by atoms with E-state index >= 15 is 0 Å². The first-order valence-electron chi connectivity index (χ1n) is 20.1. The number of amides is 3. The van der Waals surface area contributed by atoms with Crippen molar-refractivity contribution in [3.8, 4) is 0 Å². The van der Waals surface area contributed by atoms with E-state index in [2.05, 4.69) is 94.4 Å². The number of aryl methyl sites for hydroxylation is 1. The molecule has 0 N–H and O–H groups in total. The molecule has 0 aromatic heterocycles. The van der Waals surface area contributed by atoms with E-state index in [1.165, 1.54) is 16.8 Å². The van der Waals surface area contributed by atoms with Crippen molar-refractivity contribution >= 4 is 35.2 Å². The van der Waals surface area contributed by atoms with Crippen LogP contribution in [0.3, 0.4) is 0 Å². The zero-order chi connectivity index (χ0) is 39.4. The maximum atomic E-state index is 14.8. The lowest BCUT2D eigenvalue weighted by atomic mass is 10.0. The zero-order valence-electron chi connectivity index (χ0n) is 33.6. The van der Waals surface area contributed by atoms with Gasteiger partial charge in [0, 0.05) is 110 Å². The molecular formula is C47H58N6O3. The number of anilines is 2. The lowest BCUT2D eigenvalue weighted by Gasteiger charge is -2.39. The van der Waals surface area contributed by atoms with Crippen molar-refractivity contribution in [2.24, 2.45) is 0 Å². The minimum absolute atomic E-state index is 0.0190. The summed E-state index contributed by atoms with van der Waals surface area (Å²) in [6, 6.07) is 34.7. The standard InChI is InChI=1S/C47H58N6O3/c1-5-9-38-12-14-39(15-13-38)20-25-46(55)53(36-42-18-23-44(24-19-42)51-32-30-50(31-33-51)37(2)54)45(34-40-10-7-6-8-11-40)47(56)52-28-26-49(27-29-52)35-41-16-21-43(22-17-41)48(3)4/h6-8,10-25,45H,5,9,26-36H2,1-4H3. The molecule has 9 nitrogen and oxygen atoms in total. The topological polar surface area (TPSA) is 70.6 Å². The summed E-state index contributed by atoms with van der Waals surface area (Å²) >= 11 is 0. The van der Waals surface area contributed by atoms with Gasteiger partial charge in [-0.15, -0.1) is 0 Å². The fraction of sp³-hybridized carbons (Fsp3) is 0.383. The van der Waals surface area contributed by atoms with Crippen molar-refractivity contribution in [2.75, 3.05) is 76.3 Å². The lowest BCUT2D eigenvalue weighted by molar-refractivity contribution is -0.145. The van der Waals surface area contributed by atoms with Crippen molar-refractivity contribution < 1.29 is 14.4 Å². The summed E-state index contributed by atoms with van der Waals surface area (Å²) in [6.45, 7) is 10.6. The average Bonchev–Trinajstić information content (AvgIpc) is 3.22. The van der Waals surface area contributed by atoms with Gasteiger partial charge in [0.05, 0.1) is 0 Å². The van der Waals surface area contributed by atoms with Crippen molar-refractivity contribution in [3.63, 3.8) is 0 Å². The highest BCUT2D eigenvalue weighted by Crippen LogP contribution is 2.23. The Bertz CT molecular complexity index is 1890. The van der Waals surface area contributed by atoms with Gasteiger partial charge in [0.2, 0.25) is 17.7 Å². The van der Waals surface area contributed by atoms with Gasteiger partial charge in [-0.3, -0.25) is 19.3 Å². The number of carbonyl (C=O) groups is 3. The summed E-state index contributed by atoms with van der Waals surface area (Å²) in [5, 5.41) is 0. The molecule has 2 fully saturated rings. The first-order chi connectivity index (χ1) is 27.2. The van der Waals surface area contributed by atoms with Crippen LogP contribution in [0, 0.1) is 0 Å². The van der Waals surface area contributed by atoms with Crippen LogP contribution >= 0.6 is 0 Å². The van der Waals surface area contributed by atoms with Gasteiger partial charge in [0.15, 0.2) is 0 Å². The minimum atomic E-state index is -0.689. The second kappa shape index (κ2) is 19.4. The predicted molar refractivity (Wildman–Crippen MR) is 227 cm³/mol. The molecule has 0 aliphatic carbocycles. The van der Waals surface area contributed by atoms with Crippen molar-refractivity contribution in [3.05, 3.63) is 137 Å². The Morgan fingerprint density at radius 3 is 1.89 bits per heavy atom. The summed E-state index contributed by atoms with van der Waals surface area (Å²) in [5.74, 6) is -0.101. The highest BCUT2D eigenvalue weighted by molar-refractivity contribution is 5.96. The van der Waals surface area contributed by atoms with E-state index in [-0.39, 0.29) is 17.7 Å². The van der Waals surface area contributed by atoms with E-state index in [0.29, 0.717) is 39.1 Å². The van der Waals surface area contributed by atoms with Gasteiger partial charge in [0.1, 0.15) is 6.04 Å². The Hall–Kier alpha value is -5.41. The molecular weight excluding hydrogens is 697 g/mol. The van der Waals surface area contributed by atoms with Gasteiger partial charge in [-0.2, -0.15) is 0 Å². The first-order valence-corrected chi connectivity index (χ1v) is 20.1. The fourth-order valence-corrected chi connectivity index (χ4v) is 7.64. The Kier molecular flexibility index (Phi) is 14.0. The molecule has 0 spiro atoms. The highest BCUT2D eigenvalue weighted by Gasteiger charge is 2.34. The second-order valence-electron chi connectivity index (χ2n) is 15.3. The average molecular weight is 755 g/mol. The van der Waals surface area contributed by atoms with E-state index in [1.807, 2.05) is 60.3 Å². The van der Waals surface area contributed by atoms with Gasteiger partial charge in [-0.05, 0) is 64.6 Å². The SMILES string of the molecule is CCCc1ccc(C=CC(=O)N(Cc2ccc(N3CCN(C(C)=O)CC3)cc2)C(Cc2ccccc2)C(=O)N2CCN(Cc3ccc(N(C)C)cc3)CC2)cc1. The third-order valence-corrected chi connectivity index (χ3v) is 11.1. The fourth-order valence-electron chi connectivity index (χ4n) is 7.64. The maximum absolute atomic E-state index is 14.8. The van der Waals surface area contributed by atoms with Gasteiger partial charge in [0.25, 0.3) is 0 Å². The number of carbonyl (C=O) groups excluding carboxylic acids is 3. The molecule has 4 aromatic carbocycles. The van der Waals surface area contributed by atoms with Crippen LogP contribution in [0.1, 0.15) is 48.1 Å². The van der Waals surface area contributed by atoms with Crippen LogP contribution < -0.4 is 9.80 Å². The Balaban J connectivity index is 1.23. The summed E-state index contributed by atoms with van der Waals surface area (Å²) in [4.78, 5) is 53.5. The van der Waals surface area contributed by atoms with Crippen LogP contribution in [0.4, 0.5) is 11.4 Å². The molecule has 0 saturated carbocycles. The summed E-state index contributed by atoms with van der Waals surface area (Å²) in [5.41, 5.74) is 7.71. The summed E-state index contributed by atoms with van der Waals surface area (Å²) < 4.78 is 0. The maximum Gasteiger partial charge on any atom is 0.247 e. The molecule has 1 atom stereocenters. The lowest BCUT2D eigenvalue weighted by Crippen LogP contribution is -2.56. The number of nitrogens with zero attached hydrogens (tertiary/aromatic N) is 6. The third kappa shape index (κ3) is 10.9. The van der Waals surface area contributed by atoms with Crippen molar-refractivity contribution in [2.45, 2.75) is 52.2 Å². The van der Waals surface area contributed by atoms with Crippen LogP contribution in [0.15, 0.2) is 109 Å². The van der Waals surface area contributed by atoms with Gasteiger partial charge in [-0.25, -0.2) is 0 Å². The van der Waals surface area contributed by atoms with Crippen LogP contribution in [0.25, 0.3) is 6.08 Å². The number of hydrogen-bond acceptors (Lipinski definition) is 6. The highest BCUT2D eigenvalue weighted by atomic mass is 16.2. The largest absolute Gasteiger partial charge is 0.378 e. The summed E-state index contributed by atoms with van der Waals surface area (Å²) in [7, 11) is 4.09. The van der Waals surface area contributed by atoms with Crippen molar-refractivity contribution in [1.82, 2.24) is 19.6 Å². The molecule has 2 saturated heterocycles. The molecule has 2 aliphatic rings. The molecule has 56 heavy (non-hydrogen) atoms. The van der Waals surface area contributed by atoms with E-state index in [9.17, 15) is 14.4 Å². The molecule has 4 aromatic rings. The van der Waals surface area contributed by atoms with Gasteiger partial charge < -0.3 is 24.5 Å². The Morgan fingerprint density at radius 1 is 0.679 bits per heavy atom. The quantitative estimate of drug-likeness (QED) is 0.140. The molecule has 9 heteroatoms. The molecule has 6 rings (SSSR count). The Morgan fingerprint density at radius 2 is 1.29 bits per heavy atom. The van der Waals surface area contributed by atoms with E-state index in [4.69, 9.17) is 0 Å². The Labute approximate surface area is 333 Å². The monoisotopic (exact) mass is 754 g/mol. The first kappa shape index (κ1) is 40.3. The molecule has 0 radical (unpaired) electrons. The minimum Gasteiger partial charge on any atom is -0.378 e. The molecule has 2 heterocycles. The van der Waals surface area contributed by atoms with Crippen molar-refractivity contribution in [1.29, 1.82) is 0 Å². The number of piperazine rings is 2. The van der Waals surface area contributed by atoms with Crippen LogP contribution in [0.5, 0.6) is 0 Å². The molecule has 3 amide bonds. The van der Waals surface area contributed by atoms with Crippen LogP contribution in [-0.4, -0.2) is 110 Å². The van der Waals surface area contributed by atoms with E-state index in [1.54, 1.807) is 17.9 Å². The van der Waals surface area contributed by atoms with E-state index < -0.39 is 6.04 Å². The molecule has 0 bridgehead atoms. The molecule has 2 aliphatic heterocycles. The molecule has 294 valence electrons. The van der Waals surface area contributed by atoms with E-state index in [0.717, 1.165) is 67.9 Å². The summed E-state index contributed by atoms with van der Waals surface area (Å²) in [6.07, 6.45) is 6.01. The van der Waals surface area contributed by atoms with Crippen LogP contribution in [-0.2, 0) is 40.3 Å². The molecule has 1 unspecified atom stereocenters. The number of rotatable bonds is 14. The third-order valence-electron chi connectivity index (χ3n) is 11.1. The van der Waals surface area contributed by atoms with Crippen LogP contribution in [0.2, 0.25) is 0 Å². The predicted octanol–water partition coefficient (Wildman–Crippen LogP) is 6.37. The van der Waals surface area contributed by atoms with Gasteiger partial charge in [-0.1, -0.05) is 92.2 Å². The smallest absolute Gasteiger partial charge is 0.247 e.